The van der Waals surface area contributed by atoms with Crippen LogP contribution in [0.3, 0.4) is 0 Å². The minimum absolute atomic E-state index is 0.0857. The van der Waals surface area contributed by atoms with E-state index in [1.807, 2.05) is 37.4 Å². The van der Waals surface area contributed by atoms with Gasteiger partial charge >= 0.3 is 0 Å². The Hall–Kier alpha value is -1.48. The fourth-order valence-corrected chi connectivity index (χ4v) is 5.13. The third-order valence-electron chi connectivity index (χ3n) is 4.32. The van der Waals surface area contributed by atoms with E-state index in [4.69, 9.17) is 0 Å². The molecule has 1 aliphatic heterocycles. The smallest absolute Gasteiger partial charge is 0.240 e. The highest BCUT2D eigenvalue weighted by atomic mass is 32.2. The summed E-state index contributed by atoms with van der Waals surface area (Å²) >= 11 is 3.23. The maximum atomic E-state index is 12.6. The lowest BCUT2D eigenvalue weighted by Gasteiger charge is -2.11. The molecule has 1 atom stereocenters. The standard InChI is InChI=1S/C19H22N2O3S3/c1-13-12-26-18-8-7-16(11-17(18)21-19(13)22)27(23,24)20-10-9-14-3-5-15(25-2)6-4-14/h3-8,11,13,20H,9-10,12H2,1-2H3,(H,21,22)/t13-/m0/s1. The van der Waals surface area contributed by atoms with Gasteiger partial charge in [0.25, 0.3) is 0 Å². The molecule has 0 saturated heterocycles. The lowest BCUT2D eigenvalue weighted by molar-refractivity contribution is -0.118. The average Bonchev–Trinajstić information content (AvgIpc) is 2.80. The van der Waals surface area contributed by atoms with Gasteiger partial charge in [0.15, 0.2) is 0 Å². The van der Waals surface area contributed by atoms with Gasteiger partial charge in [0.05, 0.1) is 10.6 Å². The first-order valence-electron chi connectivity index (χ1n) is 8.59. The third kappa shape index (κ3) is 5.07. The van der Waals surface area contributed by atoms with Crippen molar-refractivity contribution >= 4 is 45.1 Å². The van der Waals surface area contributed by atoms with Crippen LogP contribution >= 0.6 is 23.5 Å². The first-order chi connectivity index (χ1) is 12.9. The predicted octanol–water partition coefficient (Wildman–Crippen LogP) is 3.61. The Morgan fingerprint density at radius 3 is 2.67 bits per heavy atom. The Kier molecular flexibility index (Phi) is 6.52. The van der Waals surface area contributed by atoms with Crippen molar-refractivity contribution in [3.8, 4) is 0 Å². The molecule has 0 radical (unpaired) electrons. The van der Waals surface area contributed by atoms with Gasteiger partial charge in [-0.25, -0.2) is 13.1 Å². The summed E-state index contributed by atoms with van der Waals surface area (Å²) in [6, 6.07) is 13.0. The molecule has 5 nitrogen and oxygen atoms in total. The van der Waals surface area contributed by atoms with Crippen LogP contribution in [0.5, 0.6) is 0 Å². The monoisotopic (exact) mass is 422 g/mol. The van der Waals surface area contributed by atoms with Gasteiger partial charge in [0, 0.05) is 28.0 Å². The molecular formula is C19H22N2O3S3. The van der Waals surface area contributed by atoms with Gasteiger partial charge in [-0.3, -0.25) is 4.79 Å². The number of fused-ring (bicyclic) bond motifs is 1. The van der Waals surface area contributed by atoms with Crippen LogP contribution in [-0.4, -0.2) is 32.9 Å². The summed E-state index contributed by atoms with van der Waals surface area (Å²) in [4.78, 5) is 14.3. The zero-order valence-corrected chi connectivity index (χ0v) is 17.6. The average molecular weight is 423 g/mol. The highest BCUT2D eigenvalue weighted by molar-refractivity contribution is 7.99. The van der Waals surface area contributed by atoms with Crippen molar-refractivity contribution < 1.29 is 13.2 Å². The van der Waals surface area contributed by atoms with E-state index in [1.54, 1.807) is 35.7 Å². The molecule has 144 valence electrons. The fourth-order valence-electron chi connectivity index (χ4n) is 2.65. The lowest BCUT2D eigenvalue weighted by Crippen LogP contribution is -2.26. The number of hydrogen-bond acceptors (Lipinski definition) is 5. The zero-order valence-electron chi connectivity index (χ0n) is 15.2. The van der Waals surface area contributed by atoms with E-state index in [-0.39, 0.29) is 16.7 Å². The number of carbonyl (C=O) groups excluding carboxylic acids is 1. The molecule has 0 unspecified atom stereocenters. The Labute approximate surface area is 168 Å². The molecule has 0 bridgehead atoms. The summed E-state index contributed by atoms with van der Waals surface area (Å²) in [6.07, 6.45) is 2.63. The van der Waals surface area contributed by atoms with Crippen molar-refractivity contribution in [2.24, 2.45) is 5.92 Å². The highest BCUT2D eigenvalue weighted by Crippen LogP contribution is 2.34. The number of rotatable bonds is 6. The van der Waals surface area contributed by atoms with Crippen LogP contribution in [0.25, 0.3) is 0 Å². The summed E-state index contributed by atoms with van der Waals surface area (Å²) in [7, 11) is -3.63. The molecular weight excluding hydrogens is 400 g/mol. The number of hydrogen-bond donors (Lipinski definition) is 2. The number of benzene rings is 2. The number of amides is 1. The number of nitrogens with one attached hydrogen (secondary N) is 2. The van der Waals surface area contributed by atoms with Crippen LogP contribution < -0.4 is 10.0 Å². The van der Waals surface area contributed by atoms with E-state index in [0.29, 0.717) is 24.4 Å². The third-order valence-corrected chi connectivity index (χ3v) is 7.86. The fraction of sp³-hybridized carbons (Fsp3) is 0.316. The second-order valence-electron chi connectivity index (χ2n) is 6.36. The van der Waals surface area contributed by atoms with E-state index < -0.39 is 10.0 Å². The van der Waals surface area contributed by atoms with Crippen molar-refractivity contribution in [3.63, 3.8) is 0 Å². The van der Waals surface area contributed by atoms with E-state index in [9.17, 15) is 13.2 Å². The minimum Gasteiger partial charge on any atom is -0.325 e. The van der Waals surface area contributed by atoms with E-state index in [0.717, 1.165) is 10.5 Å². The number of anilines is 1. The van der Waals surface area contributed by atoms with Gasteiger partial charge < -0.3 is 5.32 Å². The van der Waals surface area contributed by atoms with Crippen LogP contribution in [0.4, 0.5) is 5.69 Å². The topological polar surface area (TPSA) is 75.3 Å². The van der Waals surface area contributed by atoms with Gasteiger partial charge in [-0.2, -0.15) is 0 Å². The van der Waals surface area contributed by atoms with Crippen molar-refractivity contribution in [1.82, 2.24) is 4.72 Å². The van der Waals surface area contributed by atoms with E-state index in [1.165, 1.54) is 11.0 Å². The Morgan fingerprint density at radius 2 is 1.96 bits per heavy atom. The molecule has 1 amide bonds. The zero-order chi connectivity index (χ0) is 19.4. The van der Waals surface area contributed by atoms with Gasteiger partial charge in [-0.1, -0.05) is 19.1 Å². The van der Waals surface area contributed by atoms with Crippen molar-refractivity contribution in [2.75, 3.05) is 23.9 Å². The van der Waals surface area contributed by atoms with Crippen LogP contribution in [0, 0.1) is 5.92 Å². The van der Waals surface area contributed by atoms with Gasteiger partial charge in [0.1, 0.15) is 0 Å². The molecule has 0 aromatic heterocycles. The molecule has 8 heteroatoms. The Morgan fingerprint density at radius 1 is 1.22 bits per heavy atom. The summed E-state index contributed by atoms with van der Waals surface area (Å²) in [5.74, 6) is 0.480. The molecule has 1 aliphatic rings. The first-order valence-corrected chi connectivity index (χ1v) is 12.3. The Balaban J connectivity index is 1.67. The maximum Gasteiger partial charge on any atom is 0.240 e. The predicted molar refractivity (Wildman–Crippen MR) is 112 cm³/mol. The summed E-state index contributed by atoms with van der Waals surface area (Å²) in [5, 5.41) is 2.82. The molecule has 1 heterocycles. The molecule has 0 saturated carbocycles. The molecule has 2 aromatic rings. The molecule has 0 fully saturated rings. The lowest BCUT2D eigenvalue weighted by atomic mass is 10.2. The van der Waals surface area contributed by atoms with Crippen molar-refractivity contribution in [1.29, 1.82) is 0 Å². The number of sulfonamides is 1. The second-order valence-corrected chi connectivity index (χ2v) is 10.1. The summed E-state index contributed by atoms with van der Waals surface area (Å²) in [5.41, 5.74) is 1.64. The maximum absolute atomic E-state index is 12.6. The number of thioether (sulfide) groups is 2. The molecule has 2 aromatic carbocycles. The molecule has 3 rings (SSSR count). The summed E-state index contributed by atoms with van der Waals surface area (Å²) in [6.45, 7) is 2.18. The van der Waals surface area contributed by atoms with Gasteiger partial charge in [-0.15, -0.1) is 23.5 Å². The van der Waals surface area contributed by atoms with Gasteiger partial charge in [-0.05, 0) is 48.6 Å². The number of carbonyl (C=O) groups is 1. The SMILES string of the molecule is CSc1ccc(CCNS(=O)(=O)c2ccc3c(c2)NC(=O)[C@@H](C)CS3)cc1. The molecule has 27 heavy (non-hydrogen) atoms. The second kappa shape index (κ2) is 8.68. The normalized spacial score (nSPS) is 17.1. The molecule has 2 N–H and O–H groups in total. The van der Waals surface area contributed by atoms with Gasteiger partial charge in [0.2, 0.25) is 15.9 Å². The van der Waals surface area contributed by atoms with Crippen LogP contribution in [0.1, 0.15) is 12.5 Å². The van der Waals surface area contributed by atoms with Crippen LogP contribution in [0.15, 0.2) is 57.2 Å². The quantitative estimate of drug-likeness (QED) is 0.696. The highest BCUT2D eigenvalue weighted by Gasteiger charge is 2.22. The van der Waals surface area contributed by atoms with E-state index in [2.05, 4.69) is 10.0 Å². The van der Waals surface area contributed by atoms with Crippen molar-refractivity contribution in [3.05, 3.63) is 48.0 Å². The van der Waals surface area contributed by atoms with Crippen LogP contribution in [-0.2, 0) is 21.2 Å². The van der Waals surface area contributed by atoms with Crippen molar-refractivity contribution in [2.45, 2.75) is 28.0 Å². The molecule has 0 aliphatic carbocycles. The Bertz CT molecular complexity index is 928. The van der Waals surface area contributed by atoms with E-state index >= 15 is 0 Å². The minimum atomic E-state index is -3.63. The largest absolute Gasteiger partial charge is 0.325 e. The summed E-state index contributed by atoms with van der Waals surface area (Å²) < 4.78 is 27.9. The first kappa shape index (κ1) is 20.3. The molecule has 0 spiro atoms. The van der Waals surface area contributed by atoms with Crippen LogP contribution in [0.2, 0.25) is 0 Å².